The summed E-state index contributed by atoms with van der Waals surface area (Å²) in [6.45, 7) is 15.6. The molecule has 4 fully saturated rings. The molecule has 4 heterocycles. The maximum Gasteiger partial charge on any atom is 0.319 e. The first-order chi connectivity index (χ1) is 61.1. The molecule has 0 radical (unpaired) electrons. The third kappa shape index (κ3) is 37.3. The summed E-state index contributed by atoms with van der Waals surface area (Å²) in [6, 6.07) is 56.0. The predicted octanol–water partition coefficient (Wildman–Crippen LogP) is 22.9. The number of hydrogen-bond donors (Lipinski definition) is 4. The second-order valence-electron chi connectivity index (χ2n) is 36.1. The monoisotopic (exact) mass is 1740 g/mol. The van der Waals surface area contributed by atoms with Crippen molar-refractivity contribution in [3.05, 3.63) is 278 Å². The Morgan fingerprint density at radius 1 is 0.378 bits per heavy atom. The van der Waals surface area contributed by atoms with Crippen LogP contribution in [0.25, 0.3) is 0 Å². The molecule has 0 bridgehead atoms. The summed E-state index contributed by atoms with van der Waals surface area (Å²) in [6.07, 6.45) is 28.4. The number of amides is 2. The van der Waals surface area contributed by atoms with Crippen molar-refractivity contribution in [2.75, 3.05) is 51.6 Å². The van der Waals surface area contributed by atoms with E-state index in [-0.39, 0.29) is 79.8 Å². The van der Waals surface area contributed by atoms with Crippen LogP contribution in [0.4, 0.5) is 28.0 Å². The van der Waals surface area contributed by atoms with E-state index >= 15 is 0 Å². The second-order valence-corrected chi connectivity index (χ2v) is 36.1. The van der Waals surface area contributed by atoms with E-state index in [1.54, 1.807) is 87.5 Å². The highest BCUT2D eigenvalue weighted by Crippen LogP contribution is 2.33. The smallest absolute Gasteiger partial charge is 0.319 e. The SMILES string of the molecule is CC(=O)c1cc(NC(=O)NCCC[C@H]2C[C@H](Cc3ccc(F)cc3)CCN2)cc(C(C)=O)c1.CC(=O)c1cccc(CC(=O)CCCC[C@H]2C[C@H](Cc3ccc(F)cc3)CCN2)c1.CC(=O)c1cccc(CC(=O)CCCC[C@H]2C[C@H](Cc3ccc(F)cc3)CCN2C)c1.CCCN1CC[C@@H](Cc2ccc(F)cc2)C[C@@H]1CCCCC(=O)Cc1cccc(C(C)=O)c1.[HH].[HH].[HH]. The van der Waals surface area contributed by atoms with Crippen molar-refractivity contribution >= 4 is 58.0 Å². The topological polar surface area (TPSA) is 208 Å². The Morgan fingerprint density at radius 3 is 1.10 bits per heavy atom. The number of nitrogens with one attached hydrogen (secondary N) is 4. The van der Waals surface area contributed by atoms with Gasteiger partial charge in [0, 0.05) is 107 Å². The van der Waals surface area contributed by atoms with Crippen molar-refractivity contribution in [3.8, 4) is 0 Å². The summed E-state index contributed by atoms with van der Waals surface area (Å²) >= 11 is 0. The minimum absolute atomic E-state index is 0. The molecule has 0 aliphatic carbocycles. The number of nitrogens with zero attached hydrogens (tertiary/aromatic N) is 2. The van der Waals surface area contributed by atoms with E-state index in [1.807, 2.05) is 103 Å². The largest absolute Gasteiger partial charge is 0.338 e. The van der Waals surface area contributed by atoms with E-state index in [0.29, 0.717) is 126 Å². The van der Waals surface area contributed by atoms with E-state index in [2.05, 4.69) is 45.0 Å². The summed E-state index contributed by atoms with van der Waals surface area (Å²) in [5.74, 6) is 2.25. The fraction of sp³-hybridized carbons (Fsp3) is 0.472. The zero-order valence-corrected chi connectivity index (χ0v) is 76.1. The standard InChI is InChI=1S/C29H38FNO2.C27H34FNO2.C26H32FN3O3.C26H32FNO2.3H2/c1-3-16-31-17-15-25(18-23-11-13-27(30)14-12-23)20-28(31)9-4-5-10-29(33)21-24-7-6-8-26(19-24)22(2)32;1-20(30)24-7-5-6-22(17-24)19-27(31)9-4-3-8-26-18-23(14-15-29(26)2)16-21-10-12-25(28)13-11-21;1-17(31)21-14-22(18(2)32)16-25(15-21)30-26(33)29-10-3-4-24-13-20(9-11-28-24)12-19-5-7-23(27)8-6-19;1-19(29)23-6-4-5-21(16-23)18-26(30)8-3-2-7-25-17-22(13-14-28-25)15-20-9-11-24(27)12-10-20;;;/h6-8,11-14,19,25,28H,3-5,9-10,15-18,20-21H2,1-2H3;5-7,10-13,17,23,26H,3-4,8-9,14-16,18-19H2,1-2H3;5-8,14-16,20,24,28H,3-4,9-13H2,1-2H3,(H2,29,30,33);4-6,9-12,16,22,25,28H,2-3,7-8,13-15,17-18H2,1H3;3*1H/t25-,28-;23-,26-;20-,24-;22-,25-;;;/m0000.../s1. The summed E-state index contributed by atoms with van der Waals surface area (Å²) in [7, 11) is 2.20. The Morgan fingerprint density at radius 2 is 0.724 bits per heavy atom. The highest BCUT2D eigenvalue weighted by Gasteiger charge is 2.30. The van der Waals surface area contributed by atoms with Gasteiger partial charge in [0.1, 0.15) is 40.6 Å². The van der Waals surface area contributed by atoms with Crippen molar-refractivity contribution in [2.24, 2.45) is 23.7 Å². The lowest BCUT2D eigenvalue weighted by Crippen LogP contribution is -2.43. The Kier molecular flexibility index (Phi) is 42.6. The lowest BCUT2D eigenvalue weighted by atomic mass is 9.84. The number of halogens is 4. The van der Waals surface area contributed by atoms with Crippen LogP contribution >= 0.6 is 0 Å². The molecule has 4 N–H and O–H groups in total. The van der Waals surface area contributed by atoms with Crippen LogP contribution in [0.3, 0.4) is 0 Å². The first-order valence-electron chi connectivity index (χ1n) is 46.6. The number of ketones is 8. The normalized spacial score (nSPS) is 18.7. The molecule has 2 amide bonds. The molecular formula is C108H142F4N6O9. The van der Waals surface area contributed by atoms with Crippen LogP contribution in [0.2, 0.25) is 0 Å². The van der Waals surface area contributed by atoms with Crippen LogP contribution < -0.4 is 21.3 Å². The number of piperidine rings is 4. The lowest BCUT2D eigenvalue weighted by Gasteiger charge is -2.40. The van der Waals surface area contributed by atoms with E-state index in [1.165, 1.54) is 80.0 Å². The molecule has 15 nitrogen and oxygen atoms in total. The number of anilines is 1. The van der Waals surface area contributed by atoms with Gasteiger partial charge >= 0.3 is 6.03 Å². The molecule has 686 valence electrons. The molecule has 0 saturated carbocycles. The third-order valence-corrected chi connectivity index (χ3v) is 25.5. The van der Waals surface area contributed by atoms with Gasteiger partial charge in [-0.05, 0) is 357 Å². The van der Waals surface area contributed by atoms with Crippen LogP contribution in [-0.2, 0) is 59.3 Å². The Bertz CT molecular complexity index is 4820. The zero-order valence-electron chi connectivity index (χ0n) is 76.1. The van der Waals surface area contributed by atoms with Gasteiger partial charge in [-0.3, -0.25) is 38.4 Å². The Balaban J connectivity index is 0.000000265. The molecular weight excluding hydrogens is 1600 g/mol. The Labute approximate surface area is 756 Å². The number of benzene rings is 8. The summed E-state index contributed by atoms with van der Waals surface area (Å²) in [4.78, 5) is 112. The van der Waals surface area contributed by atoms with E-state index in [9.17, 15) is 60.7 Å². The van der Waals surface area contributed by atoms with Crippen molar-refractivity contribution < 1.29 is 65.0 Å². The summed E-state index contributed by atoms with van der Waals surface area (Å²) < 4.78 is 52.5. The lowest BCUT2D eigenvalue weighted by molar-refractivity contribution is -0.119. The average Bonchev–Trinajstić information content (AvgIpc) is 0.840. The molecule has 0 aromatic heterocycles. The quantitative estimate of drug-likeness (QED) is 0.0160. The number of rotatable bonds is 41. The average molecular weight is 1740 g/mol. The van der Waals surface area contributed by atoms with Gasteiger partial charge in [-0.15, -0.1) is 0 Å². The number of hydrogen-bond acceptors (Lipinski definition) is 13. The van der Waals surface area contributed by atoms with Crippen LogP contribution in [0.1, 0.15) is 284 Å². The number of unbranched alkanes of at least 4 members (excludes halogenated alkanes) is 3. The molecule has 4 saturated heterocycles. The molecule has 4 aliphatic rings. The molecule has 8 atom stereocenters. The predicted molar refractivity (Wildman–Crippen MR) is 507 cm³/mol. The number of carbonyl (C=O) groups is 9. The van der Waals surface area contributed by atoms with E-state index in [4.69, 9.17) is 0 Å². The fourth-order valence-corrected chi connectivity index (χ4v) is 18.4. The number of likely N-dealkylation sites (tertiary alicyclic amines) is 2. The maximum atomic E-state index is 13.2. The van der Waals surface area contributed by atoms with E-state index in [0.717, 1.165) is 178 Å². The van der Waals surface area contributed by atoms with Gasteiger partial charge in [0.05, 0.1) is 0 Å². The van der Waals surface area contributed by atoms with Crippen molar-refractivity contribution in [2.45, 2.75) is 258 Å². The minimum Gasteiger partial charge on any atom is -0.338 e. The molecule has 8 aromatic rings. The third-order valence-electron chi connectivity index (χ3n) is 25.5. The number of Topliss-reactive ketones (excluding diaryl/α,β-unsaturated/α-hetero) is 8. The molecule has 12 rings (SSSR count). The van der Waals surface area contributed by atoms with Gasteiger partial charge in [-0.2, -0.15) is 0 Å². The minimum atomic E-state index is -0.365. The van der Waals surface area contributed by atoms with Crippen molar-refractivity contribution in [3.63, 3.8) is 0 Å². The highest BCUT2D eigenvalue weighted by atomic mass is 19.1. The first-order valence-corrected chi connectivity index (χ1v) is 46.6. The van der Waals surface area contributed by atoms with E-state index < -0.39 is 0 Å². The van der Waals surface area contributed by atoms with Gasteiger partial charge in [-0.1, -0.05) is 129 Å². The summed E-state index contributed by atoms with van der Waals surface area (Å²) in [5, 5.41) is 12.7. The van der Waals surface area contributed by atoms with Gasteiger partial charge in [0.2, 0.25) is 0 Å². The van der Waals surface area contributed by atoms with Gasteiger partial charge in [0.25, 0.3) is 0 Å². The van der Waals surface area contributed by atoms with Crippen molar-refractivity contribution in [1.29, 1.82) is 0 Å². The molecule has 4 aliphatic heterocycles. The zero-order chi connectivity index (χ0) is 91.0. The number of carbonyl (C=O) groups excluding carboxylic acids is 9. The van der Waals surface area contributed by atoms with Crippen LogP contribution in [0.15, 0.2) is 188 Å². The second kappa shape index (κ2) is 53.7. The van der Waals surface area contributed by atoms with Crippen LogP contribution in [0, 0.1) is 46.9 Å². The molecule has 0 unspecified atom stereocenters. The molecule has 127 heavy (non-hydrogen) atoms. The molecule has 19 heteroatoms. The van der Waals surface area contributed by atoms with Gasteiger partial charge in [0.15, 0.2) is 28.9 Å². The molecule has 8 aromatic carbocycles. The van der Waals surface area contributed by atoms with Gasteiger partial charge in [-0.25, -0.2) is 22.4 Å². The number of urea groups is 1. The summed E-state index contributed by atoms with van der Waals surface area (Å²) in [5.41, 5.74) is 10.8. The van der Waals surface area contributed by atoms with Crippen LogP contribution in [-0.4, -0.2) is 133 Å². The van der Waals surface area contributed by atoms with Crippen LogP contribution in [0.5, 0.6) is 0 Å². The maximum absolute atomic E-state index is 13.2. The van der Waals surface area contributed by atoms with Crippen molar-refractivity contribution in [1.82, 2.24) is 25.8 Å². The highest BCUT2D eigenvalue weighted by molar-refractivity contribution is 6.02. The Hall–Kier alpha value is -10.1. The van der Waals surface area contributed by atoms with Gasteiger partial charge < -0.3 is 31.1 Å². The first kappa shape index (κ1) is 101. The molecule has 0 spiro atoms. The fourth-order valence-electron chi connectivity index (χ4n) is 18.4.